The average Bonchev–Trinajstić information content (AvgIpc) is 3.54. The molecule has 0 spiro atoms. The van der Waals surface area contributed by atoms with Crippen LogP contribution in [-0.2, 0) is 40.2 Å². The fraction of sp³-hybridized carbons (Fsp3) is 0.333. The fourth-order valence-corrected chi connectivity index (χ4v) is 5.77. The average molecular weight is 668 g/mol. The Morgan fingerprint density at radius 2 is 1.77 bits per heavy atom. The summed E-state index contributed by atoms with van der Waals surface area (Å²) in [6, 6.07) is -1.02. The van der Waals surface area contributed by atoms with Gasteiger partial charge in [0.25, 0.3) is 11.8 Å². The smallest absolute Gasteiger partial charge is 0.477 e. The topological polar surface area (TPSA) is 250 Å². The fourth-order valence-electron chi connectivity index (χ4n) is 3.35. The van der Waals surface area contributed by atoms with Gasteiger partial charge >= 0.3 is 24.1 Å². The van der Waals surface area contributed by atoms with Gasteiger partial charge in [-0.15, -0.1) is 34.4 Å². The van der Waals surface area contributed by atoms with Crippen molar-refractivity contribution in [2.24, 2.45) is 5.16 Å². The first kappa shape index (κ1) is 33.1. The summed E-state index contributed by atoms with van der Waals surface area (Å²) in [5.74, 6) is -5.87. The third-order valence-corrected chi connectivity index (χ3v) is 7.88. The number of carbonyl (C=O) groups excluding carboxylic acids is 3. The summed E-state index contributed by atoms with van der Waals surface area (Å²) in [7, 11) is 0. The standard InChI is InChI=1S/C19H19N7O7S3.C2HF3O2/c1-7(27)32-2-8-4-34-16-12(15(29)26(16)13(8)17(30)31)24-14(28)11(10-6-36-19(21)23-10)25-33-3-9-5-35-18(20)22-9;3-2(4,5)1(6)7/h5-6,12,16H,2-4H2,1H3,(H2,20,22)(H2,21,23)(H,24,28)(H,30,31);(H,6,7)/b25-11-;/t12-,16-;/m1./s1. The van der Waals surface area contributed by atoms with Crippen LogP contribution in [0.2, 0.25) is 0 Å². The van der Waals surface area contributed by atoms with Crippen LogP contribution in [0.25, 0.3) is 0 Å². The predicted molar refractivity (Wildman–Crippen MR) is 144 cm³/mol. The first-order chi connectivity index (χ1) is 20.1. The number of carboxylic acid groups (broad SMARTS) is 2. The Kier molecular flexibility index (Phi) is 10.5. The van der Waals surface area contributed by atoms with E-state index in [1.54, 1.807) is 5.38 Å². The number of aliphatic carboxylic acids is 2. The molecule has 4 heterocycles. The van der Waals surface area contributed by atoms with E-state index in [9.17, 15) is 37.5 Å². The van der Waals surface area contributed by atoms with E-state index < -0.39 is 47.3 Å². The number of amides is 2. The van der Waals surface area contributed by atoms with Gasteiger partial charge in [0.05, 0.1) is 5.69 Å². The van der Waals surface area contributed by atoms with Crippen molar-refractivity contribution in [1.29, 1.82) is 0 Å². The molecular weight excluding hydrogens is 647 g/mol. The number of nitrogens with zero attached hydrogens (tertiary/aromatic N) is 4. The molecule has 2 aromatic rings. The summed E-state index contributed by atoms with van der Waals surface area (Å²) < 4.78 is 36.6. The molecule has 0 bridgehead atoms. The molecule has 1 fully saturated rings. The Labute approximate surface area is 250 Å². The molecule has 2 aliphatic heterocycles. The summed E-state index contributed by atoms with van der Waals surface area (Å²) in [5.41, 5.74) is 11.7. The molecule has 0 unspecified atom stereocenters. The molecule has 0 aromatic carbocycles. The first-order valence-corrected chi connectivity index (χ1v) is 14.2. The maximum atomic E-state index is 13.1. The highest BCUT2D eigenvalue weighted by Gasteiger charge is 2.54. The summed E-state index contributed by atoms with van der Waals surface area (Å²) in [6.07, 6.45) is -5.08. The molecule has 16 nitrogen and oxygen atoms in total. The number of nitrogen functional groups attached to an aromatic ring is 2. The minimum absolute atomic E-state index is 0.0589. The number of ether oxygens (including phenoxy) is 1. The Morgan fingerprint density at radius 3 is 2.28 bits per heavy atom. The second-order valence-corrected chi connectivity index (χ2v) is 11.0. The van der Waals surface area contributed by atoms with Gasteiger partial charge in [-0.05, 0) is 0 Å². The number of hydrogen-bond acceptors (Lipinski definition) is 15. The van der Waals surface area contributed by atoms with Gasteiger partial charge < -0.3 is 36.6 Å². The first-order valence-electron chi connectivity index (χ1n) is 11.4. The number of halogens is 3. The van der Waals surface area contributed by atoms with E-state index in [1.165, 1.54) is 35.4 Å². The van der Waals surface area contributed by atoms with Gasteiger partial charge in [-0.25, -0.2) is 19.6 Å². The van der Waals surface area contributed by atoms with Crippen molar-refractivity contribution in [3.63, 3.8) is 0 Å². The van der Waals surface area contributed by atoms with E-state index in [0.717, 1.165) is 16.2 Å². The van der Waals surface area contributed by atoms with E-state index in [1.807, 2.05) is 0 Å². The molecule has 232 valence electrons. The quantitative estimate of drug-likeness (QED) is 0.106. The SMILES string of the molecule is CC(=O)OCC1=C(C(=O)O)N2C(=O)[C@@H](NC(=O)/C(=N\OCc3csc(N)n3)c3csc(N)n3)[C@H]2SC1.O=C(O)C(F)(F)F. The van der Waals surface area contributed by atoms with Gasteiger partial charge in [0.15, 0.2) is 22.6 Å². The molecule has 22 heteroatoms. The number of esters is 1. The minimum atomic E-state index is -5.08. The zero-order valence-corrected chi connectivity index (χ0v) is 23.9. The molecule has 0 aliphatic carbocycles. The van der Waals surface area contributed by atoms with Gasteiger partial charge in [-0.2, -0.15) is 13.2 Å². The van der Waals surface area contributed by atoms with Crippen molar-refractivity contribution in [3.05, 3.63) is 33.4 Å². The normalized spacial score (nSPS) is 18.1. The second-order valence-electron chi connectivity index (χ2n) is 8.16. The van der Waals surface area contributed by atoms with Gasteiger partial charge in [-0.1, -0.05) is 5.16 Å². The van der Waals surface area contributed by atoms with Crippen molar-refractivity contribution in [3.8, 4) is 0 Å². The lowest BCUT2D eigenvalue weighted by Gasteiger charge is -2.49. The van der Waals surface area contributed by atoms with Crippen LogP contribution in [0, 0.1) is 0 Å². The highest BCUT2D eigenvalue weighted by Crippen LogP contribution is 2.40. The molecule has 7 N–H and O–H groups in total. The van der Waals surface area contributed by atoms with Gasteiger partial charge in [-0.3, -0.25) is 19.3 Å². The number of thioether (sulfide) groups is 1. The van der Waals surface area contributed by atoms with Crippen LogP contribution in [0.3, 0.4) is 0 Å². The number of aromatic nitrogens is 2. The van der Waals surface area contributed by atoms with Crippen molar-refractivity contribution < 1.29 is 56.9 Å². The summed E-state index contributed by atoms with van der Waals surface area (Å²) in [6.45, 7) is 0.892. The van der Waals surface area contributed by atoms with E-state index in [-0.39, 0.29) is 46.8 Å². The van der Waals surface area contributed by atoms with Crippen LogP contribution in [0.15, 0.2) is 27.2 Å². The highest BCUT2D eigenvalue weighted by atomic mass is 32.2. The molecule has 2 atom stereocenters. The molecule has 4 rings (SSSR count). The number of thiazole rings is 2. The van der Waals surface area contributed by atoms with Crippen molar-refractivity contribution in [2.75, 3.05) is 23.8 Å². The Bertz CT molecular complexity index is 1490. The largest absolute Gasteiger partial charge is 0.490 e. The molecular formula is C21H20F3N7O9S3. The Morgan fingerprint density at radius 1 is 1.14 bits per heavy atom. The van der Waals surface area contributed by atoms with E-state index in [0.29, 0.717) is 10.8 Å². The van der Waals surface area contributed by atoms with Crippen LogP contribution in [0.5, 0.6) is 0 Å². The van der Waals surface area contributed by atoms with Crippen LogP contribution in [0.1, 0.15) is 18.3 Å². The predicted octanol–water partition coefficient (Wildman–Crippen LogP) is 0.620. The minimum Gasteiger partial charge on any atom is -0.477 e. The lowest BCUT2D eigenvalue weighted by atomic mass is 10.0. The Balaban J connectivity index is 0.000000646. The maximum Gasteiger partial charge on any atom is 0.490 e. The number of anilines is 2. The number of rotatable bonds is 9. The van der Waals surface area contributed by atoms with Gasteiger partial charge in [0.1, 0.15) is 29.4 Å². The zero-order chi connectivity index (χ0) is 32.1. The van der Waals surface area contributed by atoms with Gasteiger partial charge in [0.2, 0.25) is 0 Å². The number of hydrogen-bond donors (Lipinski definition) is 5. The van der Waals surface area contributed by atoms with Crippen molar-refractivity contribution in [2.45, 2.75) is 31.1 Å². The number of carboxylic acids is 2. The maximum absolute atomic E-state index is 13.1. The lowest BCUT2D eigenvalue weighted by molar-refractivity contribution is -0.192. The van der Waals surface area contributed by atoms with Gasteiger partial charge in [0, 0.05) is 29.0 Å². The summed E-state index contributed by atoms with van der Waals surface area (Å²) >= 11 is 3.54. The summed E-state index contributed by atoms with van der Waals surface area (Å²) in [5, 5.41) is 26.3. The summed E-state index contributed by atoms with van der Waals surface area (Å²) in [4.78, 5) is 72.3. The van der Waals surface area contributed by atoms with Crippen LogP contribution < -0.4 is 16.8 Å². The number of fused-ring (bicyclic) bond motifs is 1. The third-order valence-electron chi connectivity index (χ3n) is 5.15. The molecule has 1 saturated heterocycles. The van der Waals surface area contributed by atoms with Crippen molar-refractivity contribution in [1.82, 2.24) is 20.2 Å². The van der Waals surface area contributed by atoms with Crippen LogP contribution in [-0.4, -0.2) is 90.5 Å². The number of carbonyl (C=O) groups is 5. The lowest BCUT2D eigenvalue weighted by Crippen LogP contribution is -2.71. The monoisotopic (exact) mass is 667 g/mol. The van der Waals surface area contributed by atoms with E-state index >= 15 is 0 Å². The molecule has 2 aromatic heterocycles. The molecule has 43 heavy (non-hydrogen) atoms. The number of oxime groups is 1. The van der Waals surface area contributed by atoms with Crippen molar-refractivity contribution >= 4 is 80.1 Å². The van der Waals surface area contributed by atoms with Crippen LogP contribution in [0.4, 0.5) is 23.4 Å². The van der Waals surface area contributed by atoms with E-state index in [2.05, 4.69) is 20.4 Å². The Hall–Kier alpha value is -4.44. The third kappa shape index (κ3) is 8.32. The van der Waals surface area contributed by atoms with Crippen LogP contribution >= 0.6 is 34.4 Å². The number of nitrogens with one attached hydrogen (secondary N) is 1. The van der Waals surface area contributed by atoms with E-state index in [4.69, 9.17) is 30.9 Å². The molecule has 2 amide bonds. The number of β-lactam (4-membered cyclic amide) rings is 1. The number of alkyl halides is 3. The molecule has 2 aliphatic rings. The second kappa shape index (κ2) is 13.7. The molecule has 0 saturated carbocycles. The zero-order valence-electron chi connectivity index (χ0n) is 21.5. The molecule has 0 radical (unpaired) electrons. The highest BCUT2D eigenvalue weighted by molar-refractivity contribution is 8.00. The number of nitrogens with two attached hydrogens (primary N) is 2.